The molecule has 108 valence electrons. The van der Waals surface area contributed by atoms with Gasteiger partial charge in [0.05, 0.1) is 6.20 Å². The van der Waals surface area contributed by atoms with Crippen LogP contribution in [0.2, 0.25) is 0 Å². The molecule has 1 saturated heterocycles. The van der Waals surface area contributed by atoms with Gasteiger partial charge in [-0.15, -0.1) is 0 Å². The lowest BCUT2D eigenvalue weighted by Gasteiger charge is -2.33. The molecule has 1 aliphatic rings. The van der Waals surface area contributed by atoms with E-state index < -0.39 is 10.0 Å². The SMILES string of the molecule is CNC(C)C1CCN(S(=O)(=O)c2cnn(C)c2)CC1. The second-order valence-corrected chi connectivity index (χ2v) is 7.11. The standard InChI is InChI=1S/C12H22N4O2S/c1-10(13-2)11-4-6-16(7-5-11)19(17,18)12-8-14-15(3)9-12/h8-11,13H,4-7H2,1-3H3. The number of rotatable bonds is 4. The van der Waals surface area contributed by atoms with E-state index in [1.807, 2.05) is 7.05 Å². The summed E-state index contributed by atoms with van der Waals surface area (Å²) in [5.41, 5.74) is 0. The Morgan fingerprint density at radius 3 is 2.53 bits per heavy atom. The molecule has 0 aliphatic carbocycles. The van der Waals surface area contributed by atoms with E-state index >= 15 is 0 Å². The average molecular weight is 286 g/mol. The highest BCUT2D eigenvalue weighted by Crippen LogP contribution is 2.25. The van der Waals surface area contributed by atoms with E-state index in [1.54, 1.807) is 17.5 Å². The highest BCUT2D eigenvalue weighted by molar-refractivity contribution is 7.89. The number of hydrogen-bond donors (Lipinski definition) is 1. The molecule has 1 fully saturated rings. The van der Waals surface area contributed by atoms with Gasteiger partial charge >= 0.3 is 0 Å². The van der Waals surface area contributed by atoms with E-state index in [0.717, 1.165) is 12.8 Å². The molecule has 19 heavy (non-hydrogen) atoms. The van der Waals surface area contributed by atoms with Crippen LogP contribution in [-0.2, 0) is 17.1 Å². The molecule has 6 nitrogen and oxygen atoms in total. The number of aromatic nitrogens is 2. The Hall–Kier alpha value is -0.920. The molecule has 2 heterocycles. The first-order valence-corrected chi connectivity index (χ1v) is 8.05. The van der Waals surface area contributed by atoms with E-state index in [2.05, 4.69) is 17.3 Å². The lowest BCUT2D eigenvalue weighted by atomic mass is 9.91. The number of nitrogens with zero attached hydrogens (tertiary/aromatic N) is 3. The van der Waals surface area contributed by atoms with Crippen LogP contribution in [0.4, 0.5) is 0 Å². The normalized spacial score (nSPS) is 20.6. The summed E-state index contributed by atoms with van der Waals surface area (Å²) in [6.07, 6.45) is 4.78. The van der Waals surface area contributed by atoms with Gasteiger partial charge < -0.3 is 5.32 Å². The molecule has 1 aromatic heterocycles. The Morgan fingerprint density at radius 2 is 2.05 bits per heavy atom. The van der Waals surface area contributed by atoms with E-state index in [1.165, 1.54) is 10.9 Å². The van der Waals surface area contributed by atoms with Gasteiger partial charge in [0.2, 0.25) is 10.0 Å². The molecule has 0 spiro atoms. The quantitative estimate of drug-likeness (QED) is 0.871. The highest BCUT2D eigenvalue weighted by atomic mass is 32.2. The summed E-state index contributed by atoms with van der Waals surface area (Å²) < 4.78 is 27.9. The molecule has 1 atom stereocenters. The van der Waals surface area contributed by atoms with Crippen molar-refractivity contribution in [2.75, 3.05) is 20.1 Å². The topological polar surface area (TPSA) is 67.2 Å². The monoisotopic (exact) mass is 286 g/mol. The largest absolute Gasteiger partial charge is 0.317 e. The van der Waals surface area contributed by atoms with Gasteiger partial charge in [0.15, 0.2) is 0 Å². The maximum Gasteiger partial charge on any atom is 0.246 e. The number of hydrogen-bond acceptors (Lipinski definition) is 4. The first kappa shape index (κ1) is 14.5. The van der Waals surface area contributed by atoms with Crippen LogP contribution in [0.15, 0.2) is 17.3 Å². The molecule has 2 rings (SSSR count). The Labute approximate surface area is 114 Å². The molecular weight excluding hydrogens is 264 g/mol. The summed E-state index contributed by atoms with van der Waals surface area (Å²) >= 11 is 0. The summed E-state index contributed by atoms with van der Waals surface area (Å²) in [6, 6.07) is 0.434. The molecule has 0 amide bonds. The molecule has 0 aromatic carbocycles. The maximum atomic E-state index is 12.4. The van der Waals surface area contributed by atoms with Gasteiger partial charge in [-0.1, -0.05) is 0 Å². The fraction of sp³-hybridized carbons (Fsp3) is 0.750. The van der Waals surface area contributed by atoms with Gasteiger partial charge in [-0.2, -0.15) is 9.40 Å². The van der Waals surface area contributed by atoms with E-state index in [4.69, 9.17) is 0 Å². The van der Waals surface area contributed by atoms with Crippen LogP contribution in [-0.4, -0.2) is 48.7 Å². The zero-order valence-corrected chi connectivity index (χ0v) is 12.5. The summed E-state index contributed by atoms with van der Waals surface area (Å²) in [5.74, 6) is 0.547. The van der Waals surface area contributed by atoms with Crippen LogP contribution in [0.3, 0.4) is 0 Å². The van der Waals surface area contributed by atoms with Crippen molar-refractivity contribution in [2.24, 2.45) is 13.0 Å². The van der Waals surface area contributed by atoms with Gasteiger partial charge in [-0.25, -0.2) is 8.42 Å². The molecule has 0 bridgehead atoms. The van der Waals surface area contributed by atoms with Gasteiger partial charge in [0.1, 0.15) is 4.90 Å². The van der Waals surface area contributed by atoms with Gasteiger partial charge in [-0.05, 0) is 32.7 Å². The third kappa shape index (κ3) is 2.98. The Balaban J connectivity index is 2.05. The Morgan fingerprint density at radius 1 is 1.42 bits per heavy atom. The second-order valence-electron chi connectivity index (χ2n) is 5.17. The third-order valence-electron chi connectivity index (χ3n) is 3.98. The van der Waals surface area contributed by atoms with Crippen molar-refractivity contribution in [3.63, 3.8) is 0 Å². The number of nitrogens with one attached hydrogen (secondary N) is 1. The minimum Gasteiger partial charge on any atom is -0.317 e. The maximum absolute atomic E-state index is 12.4. The van der Waals surface area contributed by atoms with Crippen molar-refractivity contribution in [1.82, 2.24) is 19.4 Å². The average Bonchev–Trinajstić information content (AvgIpc) is 2.85. The second kappa shape index (κ2) is 5.60. The van der Waals surface area contributed by atoms with Crippen molar-refractivity contribution in [3.8, 4) is 0 Å². The zero-order chi connectivity index (χ0) is 14.0. The van der Waals surface area contributed by atoms with Crippen molar-refractivity contribution < 1.29 is 8.42 Å². The van der Waals surface area contributed by atoms with Crippen molar-refractivity contribution in [1.29, 1.82) is 0 Å². The van der Waals surface area contributed by atoms with Crippen LogP contribution < -0.4 is 5.32 Å². The molecule has 1 aromatic rings. The van der Waals surface area contributed by atoms with Crippen LogP contribution >= 0.6 is 0 Å². The van der Waals surface area contributed by atoms with E-state index in [0.29, 0.717) is 25.0 Å². The molecule has 7 heteroatoms. The molecule has 0 saturated carbocycles. The van der Waals surface area contributed by atoms with Crippen LogP contribution in [0, 0.1) is 5.92 Å². The van der Waals surface area contributed by atoms with Gasteiger partial charge in [0, 0.05) is 32.4 Å². The van der Waals surface area contributed by atoms with E-state index in [-0.39, 0.29) is 4.90 Å². The number of sulfonamides is 1. The van der Waals surface area contributed by atoms with Crippen molar-refractivity contribution in [2.45, 2.75) is 30.7 Å². The van der Waals surface area contributed by atoms with Gasteiger partial charge in [0.25, 0.3) is 0 Å². The van der Waals surface area contributed by atoms with Crippen LogP contribution in [0.1, 0.15) is 19.8 Å². The zero-order valence-electron chi connectivity index (χ0n) is 11.7. The molecular formula is C12H22N4O2S. The lowest BCUT2D eigenvalue weighted by molar-refractivity contribution is 0.236. The van der Waals surface area contributed by atoms with Gasteiger partial charge in [-0.3, -0.25) is 4.68 Å². The first-order valence-electron chi connectivity index (χ1n) is 6.61. The predicted octanol–water partition coefficient (Wildman–Crippen LogP) is 0.429. The third-order valence-corrected chi connectivity index (χ3v) is 5.83. The Kier molecular flexibility index (Phi) is 4.27. The summed E-state index contributed by atoms with van der Waals surface area (Å²) in [6.45, 7) is 3.33. The summed E-state index contributed by atoms with van der Waals surface area (Å²) in [4.78, 5) is 0.287. The Bertz CT molecular complexity index is 518. The molecule has 0 radical (unpaired) electrons. The number of piperidine rings is 1. The summed E-state index contributed by atoms with van der Waals surface area (Å²) in [5, 5.41) is 7.18. The minimum atomic E-state index is -3.37. The van der Waals surface area contributed by atoms with Crippen LogP contribution in [0.25, 0.3) is 0 Å². The number of aryl methyl sites for hydroxylation is 1. The lowest BCUT2D eigenvalue weighted by Crippen LogP contribution is -2.43. The first-order chi connectivity index (χ1) is 8.95. The molecule has 1 aliphatic heterocycles. The minimum absolute atomic E-state index is 0.287. The predicted molar refractivity (Wildman–Crippen MR) is 73.2 cm³/mol. The highest BCUT2D eigenvalue weighted by Gasteiger charge is 2.31. The van der Waals surface area contributed by atoms with E-state index in [9.17, 15) is 8.42 Å². The van der Waals surface area contributed by atoms with Crippen molar-refractivity contribution >= 4 is 10.0 Å². The molecule has 1 unspecified atom stereocenters. The van der Waals surface area contributed by atoms with Crippen LogP contribution in [0.5, 0.6) is 0 Å². The van der Waals surface area contributed by atoms with Crippen molar-refractivity contribution in [3.05, 3.63) is 12.4 Å². The smallest absolute Gasteiger partial charge is 0.246 e. The fourth-order valence-corrected chi connectivity index (χ4v) is 3.99. The summed E-state index contributed by atoms with van der Waals surface area (Å²) in [7, 11) is 0.302. The molecule has 1 N–H and O–H groups in total. The fourth-order valence-electron chi connectivity index (χ4n) is 2.53.